The lowest BCUT2D eigenvalue weighted by Crippen LogP contribution is -1.76. The molecule has 0 radical (unpaired) electrons. The number of aryl methyl sites for hydroxylation is 1. The maximum absolute atomic E-state index is 5.59. The largest absolute Gasteiger partial charge is 0.233 e. The molecule has 0 spiro atoms. The van der Waals surface area contributed by atoms with Gasteiger partial charge in [0.15, 0.2) is 4.47 Å². The van der Waals surface area contributed by atoms with E-state index in [1.165, 1.54) is 16.2 Å². The van der Waals surface area contributed by atoms with Crippen molar-refractivity contribution < 1.29 is 0 Å². The van der Waals surface area contributed by atoms with Crippen LogP contribution < -0.4 is 0 Å². The van der Waals surface area contributed by atoms with Crippen molar-refractivity contribution in [3.05, 3.63) is 15.5 Å². The number of nitrogens with zero attached hydrogens (tertiary/aromatic N) is 1. The van der Waals surface area contributed by atoms with Crippen molar-refractivity contribution in [1.82, 2.24) is 4.98 Å². The summed E-state index contributed by atoms with van der Waals surface area (Å²) in [5.41, 5.74) is 0. The van der Waals surface area contributed by atoms with E-state index >= 15 is 0 Å². The van der Waals surface area contributed by atoms with E-state index in [-0.39, 0.29) is 0 Å². The lowest BCUT2D eigenvalue weighted by molar-refractivity contribution is 1.20. The molecule has 0 saturated heterocycles. The molecule has 0 aliphatic rings. The number of hydrogen-bond donors (Lipinski definition) is 0. The number of aromatic nitrogens is 1. The highest BCUT2D eigenvalue weighted by Crippen LogP contribution is 2.18. The molecule has 9 heavy (non-hydrogen) atoms. The van der Waals surface area contributed by atoms with Crippen LogP contribution in [-0.4, -0.2) is 10.3 Å². The second kappa shape index (κ2) is 3.54. The minimum absolute atomic E-state index is 0.631. The molecule has 0 bridgehead atoms. The van der Waals surface area contributed by atoms with Gasteiger partial charge in [-0.25, -0.2) is 4.98 Å². The van der Waals surface area contributed by atoms with Gasteiger partial charge in [0.05, 0.1) is 0 Å². The number of alkyl halides is 1. The summed E-state index contributed by atoms with van der Waals surface area (Å²) in [6, 6.07) is 0. The molecule has 1 aromatic rings. The maximum atomic E-state index is 5.59. The molecule has 0 unspecified atom stereocenters. The molecule has 0 aliphatic heterocycles. The van der Waals surface area contributed by atoms with E-state index in [1.54, 1.807) is 0 Å². The highest BCUT2D eigenvalue weighted by molar-refractivity contribution is 9.09. The van der Waals surface area contributed by atoms with Crippen LogP contribution in [0.5, 0.6) is 0 Å². The molecule has 0 amide bonds. The summed E-state index contributed by atoms with van der Waals surface area (Å²) in [5, 5.41) is 0.978. The van der Waals surface area contributed by atoms with Gasteiger partial charge in [0, 0.05) is 16.4 Å². The molecular formula is C5H5BrClNS. The van der Waals surface area contributed by atoms with Crippen LogP contribution in [-0.2, 0) is 6.42 Å². The standard InChI is InChI=1S/C5H5BrClNS/c6-2-1-4-3-8-5(7)9-4/h3H,1-2H2. The highest BCUT2D eigenvalue weighted by Gasteiger charge is 1.96. The van der Waals surface area contributed by atoms with Crippen LogP contribution in [0.25, 0.3) is 0 Å². The van der Waals surface area contributed by atoms with Crippen molar-refractivity contribution in [1.29, 1.82) is 0 Å². The Morgan fingerprint density at radius 1 is 1.78 bits per heavy atom. The van der Waals surface area contributed by atoms with Crippen LogP contribution in [0, 0.1) is 0 Å². The molecule has 0 atom stereocenters. The SMILES string of the molecule is Clc1ncc(CCBr)s1. The van der Waals surface area contributed by atoms with Gasteiger partial charge in [0.2, 0.25) is 0 Å². The van der Waals surface area contributed by atoms with Crippen molar-refractivity contribution in [2.45, 2.75) is 6.42 Å². The zero-order valence-electron chi connectivity index (χ0n) is 4.60. The number of thiazole rings is 1. The van der Waals surface area contributed by atoms with Gasteiger partial charge in [0.25, 0.3) is 0 Å². The van der Waals surface area contributed by atoms with Gasteiger partial charge < -0.3 is 0 Å². The second-order valence-corrected chi connectivity index (χ2v) is 4.01. The summed E-state index contributed by atoms with van der Waals surface area (Å²) in [4.78, 5) is 5.13. The number of rotatable bonds is 2. The van der Waals surface area contributed by atoms with Crippen molar-refractivity contribution >= 4 is 38.9 Å². The van der Waals surface area contributed by atoms with E-state index in [0.717, 1.165) is 11.8 Å². The van der Waals surface area contributed by atoms with Crippen LogP contribution >= 0.6 is 38.9 Å². The fraction of sp³-hybridized carbons (Fsp3) is 0.400. The first-order valence-corrected chi connectivity index (χ1v) is 4.80. The van der Waals surface area contributed by atoms with E-state index in [9.17, 15) is 0 Å². The molecule has 1 aromatic heterocycles. The van der Waals surface area contributed by atoms with Crippen molar-refractivity contribution in [3.8, 4) is 0 Å². The average molecular weight is 227 g/mol. The van der Waals surface area contributed by atoms with Crippen molar-refractivity contribution in [2.24, 2.45) is 0 Å². The average Bonchev–Trinajstić information content (AvgIpc) is 2.17. The third kappa shape index (κ3) is 2.24. The second-order valence-electron chi connectivity index (χ2n) is 1.52. The van der Waals surface area contributed by atoms with Gasteiger partial charge in [-0.05, 0) is 6.42 Å². The monoisotopic (exact) mass is 225 g/mol. The van der Waals surface area contributed by atoms with Crippen LogP contribution in [0.2, 0.25) is 4.47 Å². The van der Waals surface area contributed by atoms with Crippen molar-refractivity contribution in [2.75, 3.05) is 5.33 Å². The van der Waals surface area contributed by atoms with Gasteiger partial charge >= 0.3 is 0 Å². The van der Waals surface area contributed by atoms with Gasteiger partial charge in [-0.2, -0.15) is 0 Å². The van der Waals surface area contributed by atoms with E-state index < -0.39 is 0 Å². The molecule has 1 heterocycles. The van der Waals surface area contributed by atoms with Crippen LogP contribution in [0.4, 0.5) is 0 Å². The Bertz CT molecular complexity index is 189. The van der Waals surface area contributed by atoms with Crippen LogP contribution in [0.15, 0.2) is 6.20 Å². The molecule has 0 N–H and O–H groups in total. The first kappa shape index (κ1) is 7.51. The molecule has 1 nitrogen and oxygen atoms in total. The van der Waals surface area contributed by atoms with Gasteiger partial charge in [0.1, 0.15) is 0 Å². The molecule has 0 saturated carbocycles. The Morgan fingerprint density at radius 3 is 3.00 bits per heavy atom. The third-order valence-electron chi connectivity index (χ3n) is 0.866. The van der Waals surface area contributed by atoms with E-state index in [0.29, 0.717) is 4.47 Å². The number of halogens is 2. The minimum atomic E-state index is 0.631. The Hall–Kier alpha value is 0.400. The summed E-state index contributed by atoms with van der Waals surface area (Å²) in [6.45, 7) is 0. The maximum Gasteiger partial charge on any atom is 0.183 e. The molecule has 0 fully saturated rings. The summed E-state index contributed by atoms with van der Waals surface area (Å²) in [7, 11) is 0. The van der Waals surface area contributed by atoms with E-state index in [2.05, 4.69) is 20.9 Å². The Morgan fingerprint density at radius 2 is 2.56 bits per heavy atom. The van der Waals surface area contributed by atoms with Crippen molar-refractivity contribution in [3.63, 3.8) is 0 Å². The molecular weight excluding hydrogens is 221 g/mol. The summed E-state index contributed by atoms with van der Waals surface area (Å²) >= 11 is 10.5. The topological polar surface area (TPSA) is 12.9 Å². The highest BCUT2D eigenvalue weighted by atomic mass is 79.9. The minimum Gasteiger partial charge on any atom is -0.233 e. The summed E-state index contributed by atoms with van der Waals surface area (Å²) in [5.74, 6) is 0. The summed E-state index contributed by atoms with van der Waals surface area (Å²) < 4.78 is 0.631. The van der Waals surface area contributed by atoms with Gasteiger partial charge in [-0.15, -0.1) is 11.3 Å². The van der Waals surface area contributed by atoms with E-state index in [1.807, 2.05) is 6.20 Å². The molecule has 4 heteroatoms. The molecule has 50 valence electrons. The zero-order chi connectivity index (χ0) is 6.69. The molecule has 1 rings (SSSR count). The Kier molecular flexibility index (Phi) is 2.95. The molecule has 0 aliphatic carbocycles. The smallest absolute Gasteiger partial charge is 0.183 e. The normalized spacial score (nSPS) is 10.0. The number of hydrogen-bond acceptors (Lipinski definition) is 2. The Balaban J connectivity index is 2.61. The van der Waals surface area contributed by atoms with Gasteiger partial charge in [-0.3, -0.25) is 0 Å². The van der Waals surface area contributed by atoms with Crippen LogP contribution in [0.3, 0.4) is 0 Å². The van der Waals surface area contributed by atoms with E-state index in [4.69, 9.17) is 11.6 Å². The fourth-order valence-corrected chi connectivity index (χ4v) is 2.16. The third-order valence-corrected chi connectivity index (χ3v) is 2.44. The predicted molar refractivity (Wildman–Crippen MR) is 44.6 cm³/mol. The van der Waals surface area contributed by atoms with Gasteiger partial charge in [-0.1, -0.05) is 27.5 Å². The Labute approximate surface area is 71.2 Å². The molecule has 0 aromatic carbocycles. The zero-order valence-corrected chi connectivity index (χ0v) is 7.76. The quantitative estimate of drug-likeness (QED) is 0.707. The first-order chi connectivity index (χ1) is 4.33. The van der Waals surface area contributed by atoms with Crippen LogP contribution in [0.1, 0.15) is 4.88 Å². The predicted octanol–water partition coefficient (Wildman–Crippen LogP) is 2.73. The summed E-state index contributed by atoms with van der Waals surface area (Å²) in [6.07, 6.45) is 2.83. The first-order valence-electron chi connectivity index (χ1n) is 2.49. The lowest BCUT2D eigenvalue weighted by atomic mass is 10.4. The lowest BCUT2D eigenvalue weighted by Gasteiger charge is -1.83. The fourth-order valence-electron chi connectivity index (χ4n) is 0.492.